The molecule has 0 saturated heterocycles. The number of carbonyl (C=O) groups is 1. The van der Waals surface area contributed by atoms with Crippen LogP contribution in [-0.4, -0.2) is 36.9 Å². The summed E-state index contributed by atoms with van der Waals surface area (Å²) in [5.41, 5.74) is -0.100. The molecule has 19 heavy (non-hydrogen) atoms. The Bertz CT molecular complexity index is 590. The minimum atomic E-state index is -3.94. The van der Waals surface area contributed by atoms with Crippen molar-refractivity contribution in [1.29, 1.82) is 0 Å². The van der Waals surface area contributed by atoms with Gasteiger partial charge in [0, 0.05) is 17.6 Å². The van der Waals surface area contributed by atoms with Crippen LogP contribution in [0.25, 0.3) is 0 Å². The first kappa shape index (κ1) is 15.9. The Balaban J connectivity index is 3.03. The Kier molecular flexibility index (Phi) is 4.89. The van der Waals surface area contributed by atoms with Crippen molar-refractivity contribution in [3.05, 3.63) is 34.6 Å². The molecule has 1 rings (SSSR count). The van der Waals surface area contributed by atoms with Crippen LogP contribution in [0.5, 0.6) is 0 Å². The zero-order valence-corrected chi connectivity index (χ0v) is 11.9. The second kappa shape index (κ2) is 5.85. The third-order valence-electron chi connectivity index (χ3n) is 2.69. The van der Waals surface area contributed by atoms with Crippen molar-refractivity contribution in [2.45, 2.75) is 18.7 Å². The normalized spacial score (nSPS) is 13.5. The van der Waals surface area contributed by atoms with Gasteiger partial charge in [-0.25, -0.2) is 12.8 Å². The Labute approximate surface area is 115 Å². The fourth-order valence-corrected chi connectivity index (χ4v) is 2.93. The average Bonchev–Trinajstić information content (AvgIpc) is 2.31. The first-order chi connectivity index (χ1) is 8.65. The number of halogens is 2. The molecule has 0 spiro atoms. The van der Waals surface area contributed by atoms with E-state index in [0.29, 0.717) is 4.31 Å². The maximum atomic E-state index is 13.5. The minimum absolute atomic E-state index is 0.100. The highest BCUT2D eigenvalue weighted by molar-refractivity contribution is 7.88. The monoisotopic (exact) mass is 309 g/mol. The highest BCUT2D eigenvalue weighted by Gasteiger charge is 2.28. The number of nitrogens with zero attached hydrogens (tertiary/aromatic N) is 1. The lowest BCUT2D eigenvalue weighted by atomic mass is 10.2. The molecule has 0 aromatic heterocycles. The van der Waals surface area contributed by atoms with Gasteiger partial charge in [-0.3, -0.25) is 4.79 Å². The Morgan fingerprint density at radius 3 is 2.63 bits per heavy atom. The lowest BCUT2D eigenvalue weighted by Crippen LogP contribution is -2.40. The van der Waals surface area contributed by atoms with Crippen LogP contribution in [0.4, 0.5) is 4.39 Å². The maximum absolute atomic E-state index is 13.5. The third kappa shape index (κ3) is 3.89. The summed E-state index contributed by atoms with van der Waals surface area (Å²) in [6.45, 7) is 1.23. The topological polar surface area (TPSA) is 74.7 Å². The molecule has 0 aliphatic carbocycles. The zero-order chi connectivity index (χ0) is 14.8. The Morgan fingerprint density at radius 2 is 2.11 bits per heavy atom. The van der Waals surface area contributed by atoms with Crippen molar-refractivity contribution in [2.24, 2.45) is 0 Å². The summed E-state index contributed by atoms with van der Waals surface area (Å²) < 4.78 is 38.1. The SMILES string of the molecule is CC(C(=O)O)N(C)S(=O)(=O)Cc1cc(Cl)ccc1F. The number of hydrogen-bond acceptors (Lipinski definition) is 3. The predicted octanol–water partition coefficient (Wildman–Crippen LogP) is 1.71. The van der Waals surface area contributed by atoms with Crippen LogP contribution in [0.3, 0.4) is 0 Å². The van der Waals surface area contributed by atoms with E-state index in [1.54, 1.807) is 0 Å². The average molecular weight is 310 g/mol. The molecule has 0 radical (unpaired) electrons. The Morgan fingerprint density at radius 1 is 1.53 bits per heavy atom. The smallest absolute Gasteiger partial charge is 0.321 e. The first-order valence-electron chi connectivity index (χ1n) is 5.27. The molecule has 0 fully saturated rings. The Hall–Kier alpha value is -1.18. The standard InChI is InChI=1S/C11H13ClFNO4S/c1-7(11(15)16)14(2)19(17,18)6-8-5-9(12)3-4-10(8)13/h3-5,7H,6H2,1-2H3,(H,15,16). The summed E-state index contributed by atoms with van der Waals surface area (Å²) in [7, 11) is -2.81. The molecule has 1 N–H and O–H groups in total. The highest BCUT2D eigenvalue weighted by Crippen LogP contribution is 2.19. The number of sulfonamides is 1. The maximum Gasteiger partial charge on any atom is 0.321 e. The molecule has 1 aromatic carbocycles. The summed E-state index contributed by atoms with van der Waals surface area (Å²) >= 11 is 5.67. The van der Waals surface area contributed by atoms with E-state index in [4.69, 9.17) is 16.7 Å². The number of carboxylic acids is 1. The van der Waals surface area contributed by atoms with Gasteiger partial charge in [0.2, 0.25) is 10.0 Å². The van der Waals surface area contributed by atoms with Gasteiger partial charge < -0.3 is 5.11 Å². The van der Waals surface area contributed by atoms with Crippen LogP contribution in [0, 0.1) is 5.82 Å². The van der Waals surface area contributed by atoms with E-state index >= 15 is 0 Å². The lowest BCUT2D eigenvalue weighted by Gasteiger charge is -2.21. The van der Waals surface area contributed by atoms with Crippen LogP contribution in [0.2, 0.25) is 5.02 Å². The lowest BCUT2D eigenvalue weighted by molar-refractivity contribution is -0.140. The number of benzene rings is 1. The molecule has 1 unspecified atom stereocenters. The molecule has 0 heterocycles. The molecule has 0 saturated carbocycles. The highest BCUT2D eigenvalue weighted by atomic mass is 35.5. The van der Waals surface area contributed by atoms with Crippen LogP contribution in [0.1, 0.15) is 12.5 Å². The van der Waals surface area contributed by atoms with Crippen molar-refractivity contribution in [2.75, 3.05) is 7.05 Å². The fourth-order valence-electron chi connectivity index (χ4n) is 1.35. The zero-order valence-electron chi connectivity index (χ0n) is 10.3. The second-order valence-corrected chi connectivity index (χ2v) is 6.49. The van der Waals surface area contributed by atoms with Crippen molar-refractivity contribution >= 4 is 27.6 Å². The van der Waals surface area contributed by atoms with Crippen molar-refractivity contribution < 1.29 is 22.7 Å². The van der Waals surface area contributed by atoms with Gasteiger partial charge in [0.15, 0.2) is 0 Å². The summed E-state index contributed by atoms with van der Waals surface area (Å²) in [4.78, 5) is 10.8. The van der Waals surface area contributed by atoms with E-state index in [1.165, 1.54) is 19.1 Å². The molecular formula is C11H13ClFNO4S. The van der Waals surface area contributed by atoms with Crippen LogP contribution in [0.15, 0.2) is 18.2 Å². The van der Waals surface area contributed by atoms with E-state index in [9.17, 15) is 17.6 Å². The second-order valence-electron chi connectivity index (χ2n) is 4.02. The molecule has 0 aliphatic heterocycles. The minimum Gasteiger partial charge on any atom is -0.480 e. The number of aliphatic carboxylic acids is 1. The number of hydrogen-bond donors (Lipinski definition) is 1. The van der Waals surface area contributed by atoms with Gasteiger partial charge in [-0.15, -0.1) is 0 Å². The summed E-state index contributed by atoms with van der Waals surface area (Å²) in [6, 6.07) is 2.34. The van der Waals surface area contributed by atoms with Gasteiger partial charge in [0.25, 0.3) is 0 Å². The molecule has 0 aliphatic rings. The fraction of sp³-hybridized carbons (Fsp3) is 0.364. The number of likely N-dealkylation sites (N-methyl/N-ethyl adjacent to an activating group) is 1. The predicted molar refractivity (Wildman–Crippen MR) is 68.9 cm³/mol. The molecule has 5 nitrogen and oxygen atoms in total. The van der Waals surface area contributed by atoms with Crippen molar-refractivity contribution in [3.8, 4) is 0 Å². The van der Waals surface area contributed by atoms with Crippen LogP contribution in [-0.2, 0) is 20.6 Å². The van der Waals surface area contributed by atoms with Gasteiger partial charge in [-0.05, 0) is 25.1 Å². The van der Waals surface area contributed by atoms with E-state index < -0.39 is 33.6 Å². The summed E-state index contributed by atoms with van der Waals surface area (Å²) in [5, 5.41) is 8.99. The van der Waals surface area contributed by atoms with Crippen LogP contribution < -0.4 is 0 Å². The molecule has 106 valence electrons. The number of rotatable bonds is 5. The van der Waals surface area contributed by atoms with E-state index in [0.717, 1.165) is 13.1 Å². The van der Waals surface area contributed by atoms with Gasteiger partial charge in [-0.1, -0.05) is 11.6 Å². The van der Waals surface area contributed by atoms with Gasteiger partial charge in [0.05, 0.1) is 5.75 Å². The van der Waals surface area contributed by atoms with Crippen LogP contribution >= 0.6 is 11.6 Å². The van der Waals surface area contributed by atoms with Gasteiger partial charge in [0.1, 0.15) is 11.9 Å². The molecule has 0 bridgehead atoms. The molecule has 8 heteroatoms. The molecular weight excluding hydrogens is 297 g/mol. The van der Waals surface area contributed by atoms with E-state index in [2.05, 4.69) is 0 Å². The van der Waals surface area contributed by atoms with Crippen molar-refractivity contribution in [3.63, 3.8) is 0 Å². The van der Waals surface area contributed by atoms with Crippen molar-refractivity contribution in [1.82, 2.24) is 4.31 Å². The quantitative estimate of drug-likeness (QED) is 0.898. The summed E-state index contributed by atoms with van der Waals surface area (Å²) in [5.74, 6) is -2.63. The molecule has 1 aromatic rings. The van der Waals surface area contributed by atoms with Gasteiger partial charge >= 0.3 is 5.97 Å². The largest absolute Gasteiger partial charge is 0.480 e. The van der Waals surface area contributed by atoms with Gasteiger partial charge in [-0.2, -0.15) is 4.31 Å². The van der Waals surface area contributed by atoms with E-state index in [1.807, 2.05) is 0 Å². The van der Waals surface area contributed by atoms with E-state index in [-0.39, 0.29) is 10.6 Å². The third-order valence-corrected chi connectivity index (χ3v) is 4.79. The molecule has 0 amide bonds. The number of carboxylic acid groups (broad SMARTS) is 1. The molecule has 1 atom stereocenters. The first-order valence-corrected chi connectivity index (χ1v) is 7.26. The summed E-state index contributed by atoms with van der Waals surface area (Å²) in [6.07, 6.45) is 0.